The molecular weight excluding hydrogens is 413 g/mol. The van der Waals surface area contributed by atoms with E-state index in [0.29, 0.717) is 22.7 Å². The van der Waals surface area contributed by atoms with Crippen LogP contribution in [0.3, 0.4) is 0 Å². The number of phenols is 1. The summed E-state index contributed by atoms with van der Waals surface area (Å²) in [4.78, 5) is 27.1. The summed E-state index contributed by atoms with van der Waals surface area (Å²) in [7, 11) is 0. The quantitative estimate of drug-likeness (QED) is 0.280. The maximum atomic E-state index is 12.8. The first-order valence-electron chi connectivity index (χ1n) is 9.38. The molecule has 152 valence electrons. The van der Waals surface area contributed by atoms with Crippen LogP contribution in [0.1, 0.15) is 43.4 Å². The van der Waals surface area contributed by atoms with Crippen LogP contribution in [0, 0.1) is 0 Å². The molecule has 1 unspecified atom stereocenters. The minimum atomic E-state index is -0.748. The molecule has 7 heteroatoms. The number of hydrogen-bond donors (Lipinski definition) is 2. The fourth-order valence-electron chi connectivity index (χ4n) is 3.44. The highest BCUT2D eigenvalue weighted by Gasteiger charge is 2.45. The van der Waals surface area contributed by atoms with E-state index in [0.717, 1.165) is 19.3 Å². The molecule has 1 heterocycles. The maximum absolute atomic E-state index is 12.8. The number of carbonyl (C=O) groups excluding carboxylic acids is 2. The van der Waals surface area contributed by atoms with Crippen LogP contribution >= 0.6 is 23.2 Å². The molecule has 0 bridgehead atoms. The number of Topliss-reactive ketones (excluding diaryl/α,β-unsaturated/α-hetero) is 1. The van der Waals surface area contributed by atoms with E-state index in [2.05, 4.69) is 6.92 Å². The van der Waals surface area contributed by atoms with Gasteiger partial charge >= 0.3 is 0 Å². The minimum absolute atomic E-state index is 0.00410. The Balaban J connectivity index is 2.13. The van der Waals surface area contributed by atoms with Crippen molar-refractivity contribution in [3.63, 3.8) is 0 Å². The number of aromatic hydroxyl groups is 1. The van der Waals surface area contributed by atoms with E-state index >= 15 is 0 Å². The number of halogens is 2. The van der Waals surface area contributed by atoms with E-state index in [4.69, 9.17) is 23.2 Å². The second-order valence-corrected chi connectivity index (χ2v) is 7.73. The van der Waals surface area contributed by atoms with E-state index in [-0.39, 0.29) is 22.1 Å². The predicted molar refractivity (Wildman–Crippen MR) is 113 cm³/mol. The SMILES string of the molecule is CCCCCN1C(=O)C(=O)/C(=C(\O)c2ccc(Cl)c(Cl)c2)C1c1ccc(O)cc1. The fraction of sp³-hybridized carbons (Fsp3) is 0.273. The van der Waals surface area contributed by atoms with Gasteiger partial charge in [0.1, 0.15) is 11.5 Å². The van der Waals surface area contributed by atoms with Gasteiger partial charge in [-0.3, -0.25) is 9.59 Å². The van der Waals surface area contributed by atoms with Gasteiger partial charge in [0.25, 0.3) is 11.7 Å². The number of carbonyl (C=O) groups is 2. The van der Waals surface area contributed by atoms with Crippen molar-refractivity contribution >= 4 is 40.7 Å². The van der Waals surface area contributed by atoms with Gasteiger partial charge in [-0.1, -0.05) is 55.1 Å². The van der Waals surface area contributed by atoms with Gasteiger partial charge in [-0.2, -0.15) is 0 Å². The van der Waals surface area contributed by atoms with Gasteiger partial charge < -0.3 is 15.1 Å². The van der Waals surface area contributed by atoms with E-state index in [1.807, 2.05) is 0 Å². The first-order chi connectivity index (χ1) is 13.8. The van der Waals surface area contributed by atoms with Gasteiger partial charge in [0, 0.05) is 12.1 Å². The molecule has 29 heavy (non-hydrogen) atoms. The number of unbranched alkanes of at least 4 members (excludes halogenated alkanes) is 2. The number of ketones is 1. The monoisotopic (exact) mass is 433 g/mol. The van der Waals surface area contributed by atoms with E-state index < -0.39 is 17.7 Å². The smallest absolute Gasteiger partial charge is 0.295 e. The molecule has 1 saturated heterocycles. The number of likely N-dealkylation sites (tertiary alicyclic amines) is 1. The molecule has 2 N–H and O–H groups in total. The number of nitrogens with zero attached hydrogens (tertiary/aromatic N) is 1. The first kappa shape index (κ1) is 21.2. The highest BCUT2D eigenvalue weighted by atomic mass is 35.5. The zero-order valence-corrected chi connectivity index (χ0v) is 17.4. The second kappa shape index (κ2) is 8.89. The minimum Gasteiger partial charge on any atom is -0.508 e. The molecule has 5 nitrogen and oxygen atoms in total. The summed E-state index contributed by atoms with van der Waals surface area (Å²) in [5.74, 6) is -1.64. The van der Waals surface area contributed by atoms with Gasteiger partial charge in [-0.05, 0) is 42.3 Å². The third-order valence-corrected chi connectivity index (χ3v) is 5.68. The average Bonchev–Trinajstić information content (AvgIpc) is 2.95. The van der Waals surface area contributed by atoms with Crippen molar-refractivity contribution < 1.29 is 19.8 Å². The molecule has 0 radical (unpaired) electrons. The molecule has 0 spiro atoms. The summed E-state index contributed by atoms with van der Waals surface area (Å²) in [6, 6.07) is 10.0. The molecule has 2 aromatic carbocycles. The molecule has 0 aliphatic carbocycles. The Kier molecular flexibility index (Phi) is 6.50. The van der Waals surface area contributed by atoms with Crippen LogP contribution in [0.15, 0.2) is 48.0 Å². The highest BCUT2D eigenvalue weighted by molar-refractivity contribution is 6.46. The lowest BCUT2D eigenvalue weighted by Gasteiger charge is -2.25. The van der Waals surface area contributed by atoms with Crippen LogP contribution in [0.5, 0.6) is 5.75 Å². The Morgan fingerprint density at radius 1 is 1.03 bits per heavy atom. The van der Waals surface area contributed by atoms with Crippen LogP contribution in [0.2, 0.25) is 10.0 Å². The normalized spacial score (nSPS) is 18.4. The van der Waals surface area contributed by atoms with Crippen molar-refractivity contribution in [2.24, 2.45) is 0 Å². The number of phenolic OH excluding ortho intramolecular Hbond substituents is 1. The Morgan fingerprint density at radius 3 is 2.34 bits per heavy atom. The Labute approximate surface area is 179 Å². The lowest BCUT2D eigenvalue weighted by Crippen LogP contribution is -2.30. The van der Waals surface area contributed by atoms with Crippen LogP contribution in [-0.2, 0) is 9.59 Å². The Bertz CT molecular complexity index is 969. The van der Waals surface area contributed by atoms with Crippen LogP contribution in [-0.4, -0.2) is 33.3 Å². The zero-order chi connectivity index (χ0) is 21.1. The lowest BCUT2D eigenvalue weighted by molar-refractivity contribution is -0.139. The van der Waals surface area contributed by atoms with Crippen molar-refractivity contribution in [1.29, 1.82) is 0 Å². The summed E-state index contributed by atoms with van der Waals surface area (Å²) < 4.78 is 0. The summed E-state index contributed by atoms with van der Waals surface area (Å²) in [5, 5.41) is 21.1. The first-order valence-corrected chi connectivity index (χ1v) is 10.1. The van der Waals surface area contributed by atoms with Gasteiger partial charge in [-0.15, -0.1) is 0 Å². The van der Waals surface area contributed by atoms with Crippen molar-refractivity contribution in [3.05, 3.63) is 69.2 Å². The second-order valence-electron chi connectivity index (χ2n) is 6.92. The lowest BCUT2D eigenvalue weighted by atomic mass is 9.95. The number of aliphatic hydroxyl groups excluding tert-OH is 1. The van der Waals surface area contributed by atoms with Crippen molar-refractivity contribution in [2.45, 2.75) is 32.2 Å². The zero-order valence-electron chi connectivity index (χ0n) is 15.9. The fourth-order valence-corrected chi connectivity index (χ4v) is 3.74. The number of rotatable bonds is 6. The maximum Gasteiger partial charge on any atom is 0.295 e. The molecule has 1 atom stereocenters. The van der Waals surface area contributed by atoms with Gasteiger partial charge in [0.15, 0.2) is 0 Å². The highest BCUT2D eigenvalue weighted by Crippen LogP contribution is 2.40. The van der Waals surface area contributed by atoms with Crippen molar-refractivity contribution in [3.8, 4) is 5.75 Å². The predicted octanol–water partition coefficient (Wildman–Crippen LogP) is 5.31. The Hall–Kier alpha value is -2.50. The summed E-state index contributed by atoms with van der Waals surface area (Å²) in [5.41, 5.74) is 0.922. The summed E-state index contributed by atoms with van der Waals surface area (Å²) in [6.07, 6.45) is 2.63. The van der Waals surface area contributed by atoms with E-state index in [9.17, 15) is 19.8 Å². The van der Waals surface area contributed by atoms with Crippen molar-refractivity contribution in [1.82, 2.24) is 4.90 Å². The summed E-state index contributed by atoms with van der Waals surface area (Å²) >= 11 is 12.0. The number of benzene rings is 2. The number of aliphatic hydroxyl groups is 1. The van der Waals surface area contributed by atoms with E-state index in [1.54, 1.807) is 18.2 Å². The number of amides is 1. The van der Waals surface area contributed by atoms with Crippen LogP contribution < -0.4 is 0 Å². The topological polar surface area (TPSA) is 77.8 Å². The summed E-state index contributed by atoms with van der Waals surface area (Å²) in [6.45, 7) is 2.44. The molecular formula is C22H21Cl2NO4. The molecule has 1 aliphatic heterocycles. The van der Waals surface area contributed by atoms with Gasteiger partial charge in [0.2, 0.25) is 0 Å². The van der Waals surface area contributed by atoms with Gasteiger partial charge in [0.05, 0.1) is 21.7 Å². The number of hydrogen-bond acceptors (Lipinski definition) is 4. The average molecular weight is 434 g/mol. The largest absolute Gasteiger partial charge is 0.508 e. The van der Waals surface area contributed by atoms with E-state index in [1.165, 1.54) is 29.2 Å². The standard InChI is InChI=1S/C22H21Cl2NO4/c1-2-3-4-11-25-19(13-5-8-15(26)9-6-13)18(21(28)22(25)29)20(27)14-7-10-16(23)17(24)12-14/h5-10,12,19,26-27H,2-4,11H2,1H3/b20-18-. The van der Waals surface area contributed by atoms with Crippen LogP contribution in [0.25, 0.3) is 5.76 Å². The molecule has 1 fully saturated rings. The van der Waals surface area contributed by atoms with Crippen molar-refractivity contribution in [2.75, 3.05) is 6.54 Å². The molecule has 1 amide bonds. The molecule has 3 rings (SSSR count). The Morgan fingerprint density at radius 2 is 1.72 bits per heavy atom. The third kappa shape index (κ3) is 4.26. The molecule has 1 aliphatic rings. The van der Waals surface area contributed by atoms with Gasteiger partial charge in [-0.25, -0.2) is 0 Å². The molecule has 0 aromatic heterocycles. The molecule has 2 aromatic rings. The third-order valence-electron chi connectivity index (χ3n) is 4.94. The van der Waals surface area contributed by atoms with Crippen LogP contribution in [0.4, 0.5) is 0 Å². The molecule has 0 saturated carbocycles.